The van der Waals surface area contributed by atoms with Crippen LogP contribution in [-0.2, 0) is 9.53 Å². The van der Waals surface area contributed by atoms with Gasteiger partial charge in [-0.3, -0.25) is 9.59 Å². The number of likely N-dealkylation sites (tertiary alicyclic amines) is 1. The third-order valence-electron chi connectivity index (χ3n) is 6.29. The van der Waals surface area contributed by atoms with Gasteiger partial charge in [0.25, 0.3) is 5.91 Å². The predicted molar refractivity (Wildman–Crippen MR) is 109 cm³/mol. The molecule has 0 unspecified atom stereocenters. The first-order valence-corrected chi connectivity index (χ1v) is 10.2. The minimum absolute atomic E-state index is 0.0720. The van der Waals surface area contributed by atoms with E-state index in [4.69, 9.17) is 13.9 Å². The van der Waals surface area contributed by atoms with Gasteiger partial charge in [-0.05, 0) is 43.7 Å². The monoisotopic (exact) mass is 397 g/mol. The van der Waals surface area contributed by atoms with Gasteiger partial charge >= 0.3 is 5.97 Å². The summed E-state index contributed by atoms with van der Waals surface area (Å²) < 4.78 is 16.5. The molecule has 154 valence electrons. The Morgan fingerprint density at radius 2 is 2.03 bits per heavy atom. The summed E-state index contributed by atoms with van der Waals surface area (Å²) in [5.41, 5.74) is 1.47. The molecule has 0 N–H and O–H groups in total. The highest BCUT2D eigenvalue weighted by Gasteiger charge is 2.46. The van der Waals surface area contributed by atoms with Crippen LogP contribution in [0.1, 0.15) is 30.0 Å². The number of amides is 1. The summed E-state index contributed by atoms with van der Waals surface area (Å²) in [4.78, 5) is 27.6. The topological polar surface area (TPSA) is 69.0 Å². The zero-order valence-electron chi connectivity index (χ0n) is 17.3. The molecule has 0 radical (unpaired) electrons. The van der Waals surface area contributed by atoms with Crippen molar-refractivity contribution in [2.45, 2.75) is 20.8 Å². The lowest BCUT2D eigenvalue weighted by atomic mass is 9.72. The number of allylic oxidation sites excluding steroid dienone is 1. The van der Waals surface area contributed by atoms with Crippen molar-refractivity contribution in [1.29, 1.82) is 0 Å². The molecule has 0 spiro atoms. The molecule has 1 aliphatic carbocycles. The van der Waals surface area contributed by atoms with Crippen LogP contribution in [0.15, 0.2) is 34.8 Å². The molecule has 1 aromatic carbocycles. The summed E-state index contributed by atoms with van der Waals surface area (Å²) in [7, 11) is 1.60. The van der Waals surface area contributed by atoms with Crippen molar-refractivity contribution in [2.75, 3.05) is 26.8 Å². The lowest BCUT2D eigenvalue weighted by molar-refractivity contribution is -0.152. The Balaban J connectivity index is 1.60. The predicted octanol–water partition coefficient (Wildman–Crippen LogP) is 3.82. The van der Waals surface area contributed by atoms with Crippen molar-refractivity contribution in [1.82, 2.24) is 4.90 Å². The van der Waals surface area contributed by atoms with Gasteiger partial charge in [-0.15, -0.1) is 0 Å². The minimum atomic E-state index is -0.219. The van der Waals surface area contributed by atoms with Crippen LogP contribution in [0.25, 0.3) is 11.0 Å². The SMILES string of the molecule is CCOC(=O)[C@@H]1[C@H]2CN(C(=O)c3oc4cc(OC)ccc4c3C)C[C@@H]2C=C[C@@H]1C. The molecule has 4 atom stereocenters. The number of esters is 1. The fraction of sp³-hybridized carbons (Fsp3) is 0.478. The van der Waals surface area contributed by atoms with E-state index in [9.17, 15) is 9.59 Å². The number of rotatable bonds is 4. The molecule has 1 saturated heterocycles. The average Bonchev–Trinajstić information content (AvgIpc) is 3.28. The number of carbonyl (C=O) groups is 2. The number of hydrogen-bond donors (Lipinski definition) is 0. The smallest absolute Gasteiger partial charge is 0.309 e. The molecule has 1 aliphatic heterocycles. The van der Waals surface area contributed by atoms with Crippen LogP contribution in [0.5, 0.6) is 5.75 Å². The Bertz CT molecular complexity index is 975. The number of ether oxygens (including phenoxy) is 2. The maximum absolute atomic E-state index is 13.3. The van der Waals surface area contributed by atoms with Gasteiger partial charge in [-0.1, -0.05) is 19.1 Å². The molecule has 29 heavy (non-hydrogen) atoms. The molecular weight excluding hydrogens is 370 g/mol. The van der Waals surface area contributed by atoms with Crippen molar-refractivity contribution >= 4 is 22.8 Å². The van der Waals surface area contributed by atoms with E-state index in [0.29, 0.717) is 36.8 Å². The Morgan fingerprint density at radius 1 is 1.24 bits per heavy atom. The summed E-state index contributed by atoms with van der Waals surface area (Å²) in [5.74, 6) is 0.869. The van der Waals surface area contributed by atoms with E-state index in [1.807, 2.05) is 37.8 Å². The van der Waals surface area contributed by atoms with Crippen molar-refractivity contribution in [3.63, 3.8) is 0 Å². The molecular formula is C23H27NO5. The van der Waals surface area contributed by atoms with E-state index < -0.39 is 0 Å². The number of fused-ring (bicyclic) bond motifs is 2. The Kier molecular flexibility index (Phi) is 5.11. The molecule has 1 fully saturated rings. The van der Waals surface area contributed by atoms with Crippen molar-refractivity contribution in [3.8, 4) is 5.75 Å². The molecule has 1 amide bonds. The second-order valence-electron chi connectivity index (χ2n) is 7.98. The van der Waals surface area contributed by atoms with E-state index in [0.717, 1.165) is 10.9 Å². The third kappa shape index (κ3) is 3.30. The first-order valence-electron chi connectivity index (χ1n) is 10.2. The standard InChI is InChI=1S/C23H27NO5/c1-5-28-23(26)20-13(2)6-7-15-11-24(12-18(15)20)22(25)21-14(3)17-9-8-16(27-4)10-19(17)29-21/h6-10,13,15,18,20H,5,11-12H2,1-4H3/t13-,15-,18-,20-/m0/s1. The second-order valence-corrected chi connectivity index (χ2v) is 7.98. The lowest BCUT2D eigenvalue weighted by Gasteiger charge is -2.31. The minimum Gasteiger partial charge on any atom is -0.497 e. The van der Waals surface area contributed by atoms with Crippen LogP contribution in [0.4, 0.5) is 0 Å². The lowest BCUT2D eigenvalue weighted by Crippen LogP contribution is -2.37. The van der Waals surface area contributed by atoms with Crippen LogP contribution >= 0.6 is 0 Å². The molecule has 6 nitrogen and oxygen atoms in total. The largest absolute Gasteiger partial charge is 0.497 e. The highest BCUT2D eigenvalue weighted by Crippen LogP contribution is 2.41. The van der Waals surface area contributed by atoms with Crippen LogP contribution in [0.3, 0.4) is 0 Å². The summed E-state index contributed by atoms with van der Waals surface area (Å²) in [6.07, 6.45) is 4.23. The van der Waals surface area contributed by atoms with Gasteiger partial charge in [0, 0.05) is 30.1 Å². The van der Waals surface area contributed by atoms with Gasteiger partial charge in [-0.2, -0.15) is 0 Å². The molecule has 2 heterocycles. The summed E-state index contributed by atoms with van der Waals surface area (Å²) in [6, 6.07) is 5.57. The fourth-order valence-corrected chi connectivity index (χ4v) is 4.74. The van der Waals surface area contributed by atoms with Crippen LogP contribution in [0, 0.1) is 30.6 Å². The highest BCUT2D eigenvalue weighted by molar-refractivity contribution is 5.99. The number of carbonyl (C=O) groups excluding carboxylic acids is 2. The van der Waals surface area contributed by atoms with Crippen molar-refractivity contribution < 1.29 is 23.5 Å². The van der Waals surface area contributed by atoms with Gasteiger partial charge in [-0.25, -0.2) is 0 Å². The van der Waals surface area contributed by atoms with Crippen molar-refractivity contribution in [2.24, 2.45) is 23.7 Å². The Hall–Kier alpha value is -2.76. The number of hydrogen-bond acceptors (Lipinski definition) is 5. The zero-order chi connectivity index (χ0) is 20.7. The summed E-state index contributed by atoms with van der Waals surface area (Å²) >= 11 is 0. The van der Waals surface area contributed by atoms with Crippen LogP contribution in [-0.4, -0.2) is 43.6 Å². The van der Waals surface area contributed by atoms with Crippen LogP contribution in [0.2, 0.25) is 0 Å². The molecule has 0 saturated carbocycles. The van der Waals surface area contributed by atoms with Gasteiger partial charge in [0.1, 0.15) is 11.3 Å². The molecule has 0 bridgehead atoms. The zero-order valence-corrected chi connectivity index (χ0v) is 17.3. The maximum atomic E-state index is 13.3. The molecule has 4 rings (SSSR count). The quantitative estimate of drug-likeness (QED) is 0.579. The van der Waals surface area contributed by atoms with Gasteiger partial charge in [0.05, 0.1) is 19.6 Å². The van der Waals surface area contributed by atoms with E-state index in [1.165, 1.54) is 0 Å². The summed E-state index contributed by atoms with van der Waals surface area (Å²) in [5, 5.41) is 0.906. The highest BCUT2D eigenvalue weighted by atomic mass is 16.5. The molecule has 1 aromatic heterocycles. The van der Waals surface area contributed by atoms with Gasteiger partial charge < -0.3 is 18.8 Å². The van der Waals surface area contributed by atoms with Gasteiger partial charge in [0.15, 0.2) is 5.76 Å². The number of benzene rings is 1. The fourth-order valence-electron chi connectivity index (χ4n) is 4.74. The van der Waals surface area contributed by atoms with Crippen LogP contribution < -0.4 is 4.74 Å². The number of aryl methyl sites for hydroxylation is 1. The van der Waals surface area contributed by atoms with E-state index in [2.05, 4.69) is 12.2 Å². The number of furan rings is 1. The molecule has 2 aliphatic rings. The maximum Gasteiger partial charge on any atom is 0.309 e. The Morgan fingerprint density at radius 3 is 2.76 bits per heavy atom. The average molecular weight is 397 g/mol. The van der Waals surface area contributed by atoms with E-state index in [-0.39, 0.29) is 35.5 Å². The van der Waals surface area contributed by atoms with E-state index >= 15 is 0 Å². The molecule has 6 heteroatoms. The van der Waals surface area contributed by atoms with E-state index in [1.54, 1.807) is 13.2 Å². The van der Waals surface area contributed by atoms with Crippen molar-refractivity contribution in [3.05, 3.63) is 41.7 Å². The normalized spacial score (nSPS) is 25.9. The Labute approximate surface area is 170 Å². The number of nitrogens with zero attached hydrogens (tertiary/aromatic N) is 1. The third-order valence-corrected chi connectivity index (χ3v) is 6.29. The first-order chi connectivity index (χ1) is 13.9. The summed E-state index contributed by atoms with van der Waals surface area (Å²) in [6.45, 7) is 7.24. The van der Waals surface area contributed by atoms with Gasteiger partial charge in [0.2, 0.25) is 0 Å². The number of methoxy groups -OCH3 is 1. The second kappa shape index (κ2) is 7.58. The first kappa shape index (κ1) is 19.6. The molecule has 2 aromatic rings.